The van der Waals surface area contributed by atoms with Crippen molar-refractivity contribution in [1.29, 1.82) is 0 Å². The molecule has 0 bridgehead atoms. The number of piperazine rings is 1. The first kappa shape index (κ1) is 22.1. The van der Waals surface area contributed by atoms with Gasteiger partial charge in [-0.2, -0.15) is 0 Å². The van der Waals surface area contributed by atoms with Crippen molar-refractivity contribution in [1.82, 2.24) is 10.2 Å². The third kappa shape index (κ3) is 5.11. The number of nitrogens with one attached hydrogen (secondary N) is 1. The lowest BCUT2D eigenvalue weighted by molar-refractivity contribution is -0.384. The first-order chi connectivity index (χ1) is 14.8. The summed E-state index contributed by atoms with van der Waals surface area (Å²) in [6, 6.07) is 13.2. The molecule has 9 nitrogen and oxygen atoms in total. The Balaban J connectivity index is 1.73. The maximum absolute atomic E-state index is 13.0. The standard InChI is InChI=1S/C22H27N5O4/c1-16(2)23-22(29)26-14-12-25(13-15-26)20-7-5-4-6-19(20)24(3)21(28)17-8-10-18(11-9-17)27(30)31/h4-11,16H,12-15H2,1-3H3,(H,23,29). The first-order valence-corrected chi connectivity index (χ1v) is 10.2. The molecular formula is C22H27N5O4. The number of carbonyl (C=O) groups excluding carboxylic acids is 2. The molecule has 0 aliphatic carbocycles. The van der Waals surface area contributed by atoms with Gasteiger partial charge < -0.3 is 20.0 Å². The van der Waals surface area contributed by atoms with Crippen LogP contribution in [0.25, 0.3) is 0 Å². The summed E-state index contributed by atoms with van der Waals surface area (Å²) in [4.78, 5) is 41.1. The maximum atomic E-state index is 13.0. The largest absolute Gasteiger partial charge is 0.366 e. The normalized spacial score (nSPS) is 13.8. The third-order valence-electron chi connectivity index (χ3n) is 5.19. The van der Waals surface area contributed by atoms with Gasteiger partial charge in [0.2, 0.25) is 0 Å². The van der Waals surface area contributed by atoms with E-state index in [9.17, 15) is 19.7 Å². The molecule has 0 atom stereocenters. The minimum Gasteiger partial charge on any atom is -0.366 e. The first-order valence-electron chi connectivity index (χ1n) is 10.2. The van der Waals surface area contributed by atoms with Gasteiger partial charge in [-0.15, -0.1) is 0 Å². The molecule has 0 saturated carbocycles. The average Bonchev–Trinajstić information content (AvgIpc) is 2.78. The number of rotatable bonds is 5. The molecule has 0 aromatic heterocycles. The van der Waals surface area contributed by atoms with Crippen molar-refractivity contribution >= 4 is 29.0 Å². The number of para-hydroxylation sites is 2. The van der Waals surface area contributed by atoms with E-state index >= 15 is 0 Å². The Kier molecular flexibility index (Phi) is 6.74. The van der Waals surface area contributed by atoms with Crippen LogP contribution in [0.2, 0.25) is 0 Å². The highest BCUT2D eigenvalue weighted by Gasteiger charge is 2.25. The molecular weight excluding hydrogens is 398 g/mol. The summed E-state index contributed by atoms with van der Waals surface area (Å²) in [5.41, 5.74) is 1.96. The summed E-state index contributed by atoms with van der Waals surface area (Å²) in [6.45, 7) is 6.36. The van der Waals surface area contributed by atoms with E-state index in [1.165, 1.54) is 24.3 Å². The number of carbonyl (C=O) groups is 2. The van der Waals surface area contributed by atoms with E-state index in [4.69, 9.17) is 0 Å². The lowest BCUT2D eigenvalue weighted by Gasteiger charge is -2.38. The molecule has 1 aliphatic rings. The number of anilines is 2. The molecule has 2 aromatic carbocycles. The number of hydrogen-bond donors (Lipinski definition) is 1. The molecule has 1 heterocycles. The van der Waals surface area contributed by atoms with E-state index in [2.05, 4.69) is 10.2 Å². The second kappa shape index (κ2) is 9.46. The number of urea groups is 1. The molecule has 9 heteroatoms. The Morgan fingerprint density at radius 1 is 1.03 bits per heavy atom. The Morgan fingerprint density at radius 3 is 2.23 bits per heavy atom. The summed E-state index contributed by atoms with van der Waals surface area (Å²) < 4.78 is 0. The van der Waals surface area contributed by atoms with Crippen LogP contribution in [-0.2, 0) is 0 Å². The summed E-state index contributed by atoms with van der Waals surface area (Å²) >= 11 is 0. The van der Waals surface area contributed by atoms with Crippen molar-refractivity contribution in [2.75, 3.05) is 43.0 Å². The number of non-ortho nitro benzene ring substituents is 1. The van der Waals surface area contributed by atoms with E-state index in [0.29, 0.717) is 31.7 Å². The van der Waals surface area contributed by atoms with Gasteiger partial charge in [-0.3, -0.25) is 14.9 Å². The molecule has 31 heavy (non-hydrogen) atoms. The number of hydrogen-bond acceptors (Lipinski definition) is 5. The van der Waals surface area contributed by atoms with Crippen molar-refractivity contribution in [3.8, 4) is 0 Å². The molecule has 0 radical (unpaired) electrons. The maximum Gasteiger partial charge on any atom is 0.317 e. The van der Waals surface area contributed by atoms with E-state index in [1.54, 1.807) is 16.8 Å². The monoisotopic (exact) mass is 425 g/mol. The molecule has 2 aromatic rings. The zero-order chi connectivity index (χ0) is 22.5. The van der Waals surface area contributed by atoms with Crippen LogP contribution in [0.1, 0.15) is 24.2 Å². The van der Waals surface area contributed by atoms with Crippen LogP contribution in [0.5, 0.6) is 0 Å². The van der Waals surface area contributed by atoms with Gasteiger partial charge >= 0.3 is 6.03 Å². The van der Waals surface area contributed by atoms with Crippen LogP contribution >= 0.6 is 0 Å². The van der Waals surface area contributed by atoms with Crippen molar-refractivity contribution < 1.29 is 14.5 Å². The Labute approximate surface area is 181 Å². The topological polar surface area (TPSA) is 99.0 Å². The van der Waals surface area contributed by atoms with Crippen LogP contribution in [0.15, 0.2) is 48.5 Å². The van der Waals surface area contributed by atoms with Gasteiger partial charge in [0.1, 0.15) is 0 Å². The van der Waals surface area contributed by atoms with E-state index < -0.39 is 4.92 Å². The fourth-order valence-corrected chi connectivity index (χ4v) is 3.53. The van der Waals surface area contributed by atoms with Gasteiger partial charge in [0.05, 0.1) is 16.3 Å². The molecule has 1 fully saturated rings. The van der Waals surface area contributed by atoms with Gasteiger partial charge in [0.25, 0.3) is 11.6 Å². The predicted octanol–water partition coefficient (Wildman–Crippen LogP) is 3.11. The molecule has 1 aliphatic heterocycles. The highest BCUT2D eigenvalue weighted by Crippen LogP contribution is 2.30. The number of nitro benzene ring substituents is 1. The van der Waals surface area contributed by atoms with Gasteiger partial charge in [0, 0.05) is 57.0 Å². The molecule has 0 unspecified atom stereocenters. The highest BCUT2D eigenvalue weighted by molar-refractivity contribution is 6.07. The van der Waals surface area contributed by atoms with Crippen LogP contribution in [0, 0.1) is 10.1 Å². The van der Waals surface area contributed by atoms with Gasteiger partial charge in [0.15, 0.2) is 0 Å². The fraction of sp³-hybridized carbons (Fsp3) is 0.364. The summed E-state index contributed by atoms with van der Waals surface area (Å²) in [5, 5.41) is 13.8. The average molecular weight is 425 g/mol. The van der Waals surface area contributed by atoms with Crippen molar-refractivity contribution in [2.45, 2.75) is 19.9 Å². The molecule has 3 amide bonds. The van der Waals surface area contributed by atoms with Gasteiger partial charge in [-0.25, -0.2) is 4.79 Å². The van der Waals surface area contributed by atoms with Crippen LogP contribution in [-0.4, -0.2) is 61.0 Å². The lowest BCUT2D eigenvalue weighted by atomic mass is 10.1. The van der Waals surface area contributed by atoms with Gasteiger partial charge in [-0.1, -0.05) is 12.1 Å². The van der Waals surface area contributed by atoms with Gasteiger partial charge in [-0.05, 0) is 38.1 Å². The molecule has 164 valence electrons. The van der Waals surface area contributed by atoms with Crippen LogP contribution in [0.4, 0.5) is 21.9 Å². The van der Waals surface area contributed by atoms with Crippen molar-refractivity contribution in [3.63, 3.8) is 0 Å². The predicted molar refractivity (Wildman–Crippen MR) is 120 cm³/mol. The quantitative estimate of drug-likeness (QED) is 0.586. The molecule has 3 rings (SSSR count). The van der Waals surface area contributed by atoms with E-state index in [0.717, 1.165) is 11.4 Å². The smallest absolute Gasteiger partial charge is 0.317 e. The van der Waals surface area contributed by atoms with Crippen LogP contribution < -0.4 is 15.1 Å². The Bertz CT molecular complexity index is 953. The second-order valence-corrected chi connectivity index (χ2v) is 7.74. The van der Waals surface area contributed by atoms with Crippen molar-refractivity contribution in [2.24, 2.45) is 0 Å². The minimum absolute atomic E-state index is 0.0565. The minimum atomic E-state index is -0.492. The molecule has 1 N–H and O–H groups in total. The van der Waals surface area contributed by atoms with E-state index in [-0.39, 0.29) is 23.7 Å². The summed E-state index contributed by atoms with van der Waals surface area (Å²) in [7, 11) is 1.69. The summed E-state index contributed by atoms with van der Waals surface area (Å²) in [6.07, 6.45) is 0. The highest BCUT2D eigenvalue weighted by atomic mass is 16.6. The Hall–Kier alpha value is -3.62. The fourth-order valence-electron chi connectivity index (χ4n) is 3.53. The molecule has 0 spiro atoms. The lowest BCUT2D eigenvalue weighted by Crippen LogP contribution is -2.53. The SMILES string of the molecule is CC(C)NC(=O)N1CCN(c2ccccc2N(C)C(=O)c2ccc([N+](=O)[O-])cc2)CC1. The van der Waals surface area contributed by atoms with E-state index in [1.807, 2.05) is 38.1 Å². The second-order valence-electron chi connectivity index (χ2n) is 7.74. The number of amides is 3. The Morgan fingerprint density at radius 2 is 1.65 bits per heavy atom. The zero-order valence-electron chi connectivity index (χ0n) is 17.9. The summed E-state index contributed by atoms with van der Waals surface area (Å²) in [5.74, 6) is -0.253. The third-order valence-corrected chi connectivity index (χ3v) is 5.19. The zero-order valence-corrected chi connectivity index (χ0v) is 17.9. The van der Waals surface area contributed by atoms with Crippen molar-refractivity contribution in [3.05, 3.63) is 64.2 Å². The molecule has 1 saturated heterocycles. The van der Waals surface area contributed by atoms with Crippen LogP contribution in [0.3, 0.4) is 0 Å². The number of nitro groups is 1. The number of nitrogens with zero attached hydrogens (tertiary/aromatic N) is 4. The number of benzene rings is 2.